The Bertz CT molecular complexity index is 786. The van der Waals surface area contributed by atoms with Crippen molar-refractivity contribution < 1.29 is 33.0 Å². The van der Waals surface area contributed by atoms with Gasteiger partial charge >= 0.3 is 12.1 Å². The molecular formula is C25H42N2O7Si. The van der Waals surface area contributed by atoms with Crippen molar-refractivity contribution in [3.63, 3.8) is 0 Å². The van der Waals surface area contributed by atoms with Crippen LogP contribution >= 0.6 is 0 Å². The van der Waals surface area contributed by atoms with Gasteiger partial charge in [0.15, 0.2) is 8.32 Å². The third-order valence-corrected chi connectivity index (χ3v) is 10.3. The van der Waals surface area contributed by atoms with Crippen LogP contribution < -0.4 is 10.6 Å². The average Bonchev–Trinajstić information content (AvgIpc) is 2.82. The Morgan fingerprint density at radius 3 is 2.03 bits per heavy atom. The molecule has 0 aliphatic carbocycles. The average molecular weight is 511 g/mol. The van der Waals surface area contributed by atoms with Gasteiger partial charge in [0.05, 0.1) is 26.9 Å². The Labute approximate surface area is 210 Å². The van der Waals surface area contributed by atoms with E-state index in [2.05, 4.69) is 31.4 Å². The van der Waals surface area contributed by atoms with Gasteiger partial charge < -0.3 is 29.3 Å². The zero-order chi connectivity index (χ0) is 26.5. The topological polar surface area (TPSA) is 112 Å². The Morgan fingerprint density at radius 2 is 1.51 bits per heavy atom. The van der Waals surface area contributed by atoms with Crippen LogP contribution in [0.3, 0.4) is 0 Å². The number of hydrogen-bond donors (Lipinski definition) is 2. The fourth-order valence-electron chi connectivity index (χ4n) is 3.40. The first-order valence-corrected chi connectivity index (χ1v) is 14.7. The number of carbonyl (C=O) groups is 3. The summed E-state index contributed by atoms with van der Waals surface area (Å²) in [6.45, 7) is 11.6. The van der Waals surface area contributed by atoms with Gasteiger partial charge in [-0.1, -0.05) is 51.1 Å². The van der Waals surface area contributed by atoms with Gasteiger partial charge in [-0.25, -0.2) is 9.59 Å². The predicted molar refractivity (Wildman–Crippen MR) is 136 cm³/mol. The third kappa shape index (κ3) is 11.2. The first-order valence-electron chi connectivity index (χ1n) is 12.1. The molecule has 1 aromatic carbocycles. The summed E-state index contributed by atoms with van der Waals surface area (Å²) in [6.07, 6.45) is -0.763. The number of methoxy groups -OCH3 is 1. The Kier molecular flexibility index (Phi) is 13.0. The number of alkyl carbamates (subject to hydrolysis) is 1. The molecule has 1 rings (SSSR count). The highest BCUT2D eigenvalue weighted by atomic mass is 28.4. The quantitative estimate of drug-likeness (QED) is 0.289. The van der Waals surface area contributed by atoms with E-state index >= 15 is 0 Å². The van der Waals surface area contributed by atoms with E-state index in [1.807, 2.05) is 30.3 Å². The van der Waals surface area contributed by atoms with E-state index in [-0.39, 0.29) is 19.8 Å². The molecule has 9 nitrogen and oxygen atoms in total. The van der Waals surface area contributed by atoms with Crippen molar-refractivity contribution in [3.8, 4) is 0 Å². The fraction of sp³-hybridized carbons (Fsp3) is 0.640. The first kappa shape index (κ1) is 30.6. The van der Waals surface area contributed by atoms with Gasteiger partial charge in [-0.2, -0.15) is 0 Å². The Balaban J connectivity index is 2.94. The summed E-state index contributed by atoms with van der Waals surface area (Å²) >= 11 is 0. The normalized spacial score (nSPS) is 13.5. The molecule has 0 saturated heterocycles. The third-order valence-electron chi connectivity index (χ3n) is 5.69. The van der Waals surface area contributed by atoms with Gasteiger partial charge in [0.25, 0.3) is 0 Å². The molecule has 198 valence electrons. The van der Waals surface area contributed by atoms with Crippen molar-refractivity contribution in [2.45, 2.75) is 84.0 Å². The van der Waals surface area contributed by atoms with E-state index in [1.165, 1.54) is 7.11 Å². The van der Waals surface area contributed by atoms with Crippen LogP contribution in [-0.2, 0) is 34.8 Å². The maximum atomic E-state index is 13.1. The highest BCUT2D eigenvalue weighted by Crippen LogP contribution is 2.21. The molecule has 0 heterocycles. The van der Waals surface area contributed by atoms with E-state index < -0.39 is 44.0 Å². The van der Waals surface area contributed by atoms with E-state index in [9.17, 15) is 14.4 Å². The molecule has 0 saturated carbocycles. The van der Waals surface area contributed by atoms with Crippen molar-refractivity contribution >= 4 is 26.3 Å². The van der Waals surface area contributed by atoms with Gasteiger partial charge in [-0.05, 0) is 44.5 Å². The van der Waals surface area contributed by atoms with Crippen LogP contribution in [0.2, 0.25) is 18.1 Å². The number of ether oxygens (including phenoxy) is 3. The highest BCUT2D eigenvalue weighted by Gasteiger charge is 2.34. The van der Waals surface area contributed by atoms with Crippen molar-refractivity contribution in [1.82, 2.24) is 10.6 Å². The molecule has 2 atom stereocenters. The van der Waals surface area contributed by atoms with E-state index in [0.717, 1.165) is 23.7 Å². The SMILES string of the molecule is CC[Si](CC)(CC)OC[C@H](NC(=O)[C@H](COCc1ccccc1)NC(=O)OC(C)(C)C)C(=O)OC. The predicted octanol–water partition coefficient (Wildman–Crippen LogP) is 3.78. The number of amides is 2. The molecule has 0 unspecified atom stereocenters. The van der Waals surface area contributed by atoms with Gasteiger partial charge in [0.2, 0.25) is 5.91 Å². The van der Waals surface area contributed by atoms with Gasteiger partial charge in [-0.15, -0.1) is 0 Å². The fourth-order valence-corrected chi connectivity index (χ4v) is 6.03. The van der Waals surface area contributed by atoms with Crippen molar-refractivity contribution in [3.05, 3.63) is 35.9 Å². The van der Waals surface area contributed by atoms with E-state index in [1.54, 1.807) is 20.8 Å². The standard InChI is InChI=1S/C25H42N2O7Si/c1-8-35(9-2,10-3)33-18-21(23(29)31-7)26-22(28)20(27-24(30)34-25(4,5)6)17-32-16-19-14-12-11-13-15-19/h11-15,20-21H,8-10,16-18H2,1-7H3,(H,26,28)(H,27,30)/t20-,21-/m0/s1. The molecule has 10 heteroatoms. The minimum atomic E-state index is -2.00. The summed E-state index contributed by atoms with van der Waals surface area (Å²) in [5.41, 5.74) is 0.178. The second kappa shape index (κ2) is 14.8. The largest absolute Gasteiger partial charge is 0.467 e. The minimum Gasteiger partial charge on any atom is -0.467 e. The second-order valence-electron chi connectivity index (χ2n) is 9.34. The number of hydrogen-bond acceptors (Lipinski definition) is 7. The van der Waals surface area contributed by atoms with Crippen LogP contribution in [0.4, 0.5) is 4.79 Å². The molecule has 0 bridgehead atoms. The number of nitrogens with one attached hydrogen (secondary N) is 2. The van der Waals surface area contributed by atoms with E-state index in [4.69, 9.17) is 18.6 Å². The zero-order valence-corrected chi connectivity index (χ0v) is 23.1. The van der Waals surface area contributed by atoms with Crippen molar-refractivity contribution in [2.75, 3.05) is 20.3 Å². The Morgan fingerprint density at radius 1 is 0.914 bits per heavy atom. The lowest BCUT2D eigenvalue weighted by atomic mass is 10.2. The first-order chi connectivity index (χ1) is 16.5. The number of carbonyl (C=O) groups excluding carboxylic acids is 3. The van der Waals surface area contributed by atoms with Crippen LogP contribution in [0.5, 0.6) is 0 Å². The molecule has 0 aromatic heterocycles. The molecule has 0 spiro atoms. The van der Waals surface area contributed by atoms with Gasteiger partial charge in [-0.3, -0.25) is 4.79 Å². The molecule has 2 amide bonds. The number of esters is 1. The van der Waals surface area contributed by atoms with Gasteiger partial charge in [0.1, 0.15) is 17.7 Å². The molecular weight excluding hydrogens is 468 g/mol. The van der Waals surface area contributed by atoms with Crippen LogP contribution in [0.1, 0.15) is 47.1 Å². The summed E-state index contributed by atoms with van der Waals surface area (Å²) in [7, 11) is -0.747. The summed E-state index contributed by atoms with van der Waals surface area (Å²) in [5, 5.41) is 5.21. The smallest absolute Gasteiger partial charge is 0.408 e. The second-order valence-corrected chi connectivity index (χ2v) is 14.1. The molecule has 0 aliphatic heterocycles. The van der Waals surface area contributed by atoms with Crippen molar-refractivity contribution in [2.24, 2.45) is 0 Å². The highest BCUT2D eigenvalue weighted by molar-refractivity contribution is 6.73. The number of rotatable bonds is 14. The van der Waals surface area contributed by atoms with E-state index in [0.29, 0.717) is 0 Å². The summed E-state index contributed by atoms with van der Waals surface area (Å²) < 4.78 is 22.1. The lowest BCUT2D eigenvalue weighted by Gasteiger charge is -2.30. The summed E-state index contributed by atoms with van der Waals surface area (Å²) in [5.74, 6) is -1.22. The molecule has 1 aromatic rings. The molecule has 2 N–H and O–H groups in total. The molecule has 0 aliphatic rings. The lowest BCUT2D eigenvalue weighted by molar-refractivity contribution is -0.146. The zero-order valence-electron chi connectivity index (χ0n) is 22.1. The summed E-state index contributed by atoms with van der Waals surface area (Å²) in [4.78, 5) is 37.9. The summed E-state index contributed by atoms with van der Waals surface area (Å²) in [6, 6.07) is 10.1. The number of benzene rings is 1. The van der Waals surface area contributed by atoms with Crippen LogP contribution in [0.15, 0.2) is 30.3 Å². The van der Waals surface area contributed by atoms with Crippen LogP contribution in [0.25, 0.3) is 0 Å². The molecule has 35 heavy (non-hydrogen) atoms. The lowest BCUT2D eigenvalue weighted by Crippen LogP contribution is -2.56. The van der Waals surface area contributed by atoms with Gasteiger partial charge in [0, 0.05) is 0 Å². The minimum absolute atomic E-state index is 0.00415. The van der Waals surface area contributed by atoms with Crippen molar-refractivity contribution in [1.29, 1.82) is 0 Å². The molecule has 0 radical (unpaired) electrons. The maximum Gasteiger partial charge on any atom is 0.408 e. The molecule has 0 fully saturated rings. The maximum absolute atomic E-state index is 13.1. The van der Waals surface area contributed by atoms with Crippen LogP contribution in [0, 0.1) is 0 Å². The van der Waals surface area contributed by atoms with Crippen LogP contribution in [-0.4, -0.2) is 64.3 Å². The monoisotopic (exact) mass is 510 g/mol. The Hall–Kier alpha value is -2.43.